The van der Waals surface area contributed by atoms with E-state index < -0.39 is 9.84 Å². The van der Waals surface area contributed by atoms with Crippen molar-refractivity contribution in [2.45, 2.75) is 18.9 Å². The lowest BCUT2D eigenvalue weighted by atomic mass is 10.1. The number of amides is 1. The Hall–Kier alpha value is -1.67. The summed E-state index contributed by atoms with van der Waals surface area (Å²) in [5.41, 5.74) is 0. The van der Waals surface area contributed by atoms with Crippen LogP contribution in [0.1, 0.15) is 12.8 Å². The Morgan fingerprint density at radius 3 is 2.28 bits per heavy atom. The number of carbonyl (C=O) groups is 1. The van der Waals surface area contributed by atoms with E-state index in [1.54, 1.807) is 4.90 Å². The van der Waals surface area contributed by atoms with Crippen molar-refractivity contribution < 1.29 is 22.3 Å². The summed E-state index contributed by atoms with van der Waals surface area (Å²) in [7, 11) is -2.85. The molecule has 1 aromatic rings. The zero-order chi connectivity index (χ0) is 17.9. The first-order valence-electron chi connectivity index (χ1n) is 8.53. The van der Waals surface area contributed by atoms with E-state index in [9.17, 15) is 17.6 Å². The maximum absolute atomic E-state index is 12.8. The van der Waals surface area contributed by atoms with Crippen molar-refractivity contribution in [3.63, 3.8) is 0 Å². The fraction of sp³-hybridized carbons (Fsp3) is 0.588. The van der Waals surface area contributed by atoms with Gasteiger partial charge in [-0.3, -0.25) is 9.69 Å². The summed E-state index contributed by atoms with van der Waals surface area (Å²) >= 11 is 0. The Bertz CT molecular complexity index is 686. The molecule has 2 fully saturated rings. The fourth-order valence-electron chi connectivity index (χ4n) is 3.35. The number of ether oxygens (including phenoxy) is 1. The number of halogens is 1. The number of hydrogen-bond acceptors (Lipinski definition) is 5. The van der Waals surface area contributed by atoms with Gasteiger partial charge >= 0.3 is 0 Å². The summed E-state index contributed by atoms with van der Waals surface area (Å²) in [6.45, 7) is 2.69. The summed E-state index contributed by atoms with van der Waals surface area (Å²) in [5, 5.41) is 0. The molecule has 0 spiro atoms. The lowest BCUT2D eigenvalue weighted by Crippen LogP contribution is -2.54. The number of sulfone groups is 1. The minimum Gasteiger partial charge on any atom is -0.484 e. The lowest BCUT2D eigenvalue weighted by Gasteiger charge is -2.40. The molecule has 0 saturated carbocycles. The average Bonchev–Trinajstić information content (AvgIpc) is 2.61. The van der Waals surface area contributed by atoms with Gasteiger partial charge in [-0.2, -0.15) is 0 Å². The fourth-order valence-corrected chi connectivity index (χ4v) is 4.81. The van der Waals surface area contributed by atoms with Gasteiger partial charge in [-0.15, -0.1) is 0 Å². The number of nitrogens with zero attached hydrogens (tertiary/aromatic N) is 2. The van der Waals surface area contributed by atoms with Crippen LogP contribution in [0.2, 0.25) is 0 Å². The van der Waals surface area contributed by atoms with Crippen molar-refractivity contribution in [1.82, 2.24) is 9.80 Å². The lowest BCUT2D eigenvalue weighted by molar-refractivity contribution is -0.135. The van der Waals surface area contributed by atoms with Gasteiger partial charge in [0.1, 0.15) is 21.4 Å². The summed E-state index contributed by atoms with van der Waals surface area (Å²) < 4.78 is 41.3. The van der Waals surface area contributed by atoms with Gasteiger partial charge in [-0.25, -0.2) is 12.8 Å². The number of hydrogen-bond donors (Lipinski definition) is 0. The van der Waals surface area contributed by atoms with Crippen molar-refractivity contribution >= 4 is 15.7 Å². The molecule has 1 aromatic carbocycles. The summed E-state index contributed by atoms with van der Waals surface area (Å²) in [5.74, 6) is 0.572. The van der Waals surface area contributed by atoms with Gasteiger partial charge in [0.2, 0.25) is 0 Å². The van der Waals surface area contributed by atoms with Gasteiger partial charge in [0.15, 0.2) is 6.61 Å². The molecule has 0 radical (unpaired) electrons. The number of carbonyl (C=O) groups excluding carboxylic acids is 1. The van der Waals surface area contributed by atoms with E-state index in [4.69, 9.17) is 4.74 Å². The van der Waals surface area contributed by atoms with Gasteiger partial charge in [-0.05, 0) is 37.1 Å². The summed E-state index contributed by atoms with van der Waals surface area (Å²) in [6.07, 6.45) is 1.37. The largest absolute Gasteiger partial charge is 0.484 e. The molecule has 2 saturated heterocycles. The molecule has 6 nitrogen and oxygen atoms in total. The van der Waals surface area contributed by atoms with E-state index in [-0.39, 0.29) is 29.8 Å². The first kappa shape index (κ1) is 18.1. The topological polar surface area (TPSA) is 66.9 Å². The molecule has 3 rings (SSSR count). The third-order valence-electron chi connectivity index (χ3n) is 4.88. The second kappa shape index (κ2) is 7.70. The molecular weight excluding hydrogens is 347 g/mol. The first-order chi connectivity index (χ1) is 11.9. The van der Waals surface area contributed by atoms with Crippen LogP contribution in [0.4, 0.5) is 4.39 Å². The van der Waals surface area contributed by atoms with Crippen LogP contribution in [-0.4, -0.2) is 74.5 Å². The Morgan fingerprint density at radius 1 is 1.08 bits per heavy atom. The van der Waals surface area contributed by atoms with Crippen LogP contribution in [0, 0.1) is 5.82 Å². The average molecular weight is 370 g/mol. The Morgan fingerprint density at radius 2 is 1.68 bits per heavy atom. The highest BCUT2D eigenvalue weighted by Gasteiger charge is 2.30. The van der Waals surface area contributed by atoms with Gasteiger partial charge in [0.05, 0.1) is 11.5 Å². The molecule has 0 atom stereocenters. The molecule has 0 aromatic heterocycles. The van der Waals surface area contributed by atoms with E-state index >= 15 is 0 Å². The highest BCUT2D eigenvalue weighted by molar-refractivity contribution is 7.91. The first-order valence-corrected chi connectivity index (χ1v) is 10.4. The van der Waals surface area contributed by atoms with Crippen LogP contribution in [0.15, 0.2) is 24.3 Å². The zero-order valence-corrected chi connectivity index (χ0v) is 14.9. The smallest absolute Gasteiger partial charge is 0.260 e. The van der Waals surface area contributed by atoms with Crippen molar-refractivity contribution in [3.8, 4) is 5.75 Å². The van der Waals surface area contributed by atoms with E-state index in [1.807, 2.05) is 0 Å². The third kappa shape index (κ3) is 4.92. The molecule has 8 heteroatoms. The van der Waals surface area contributed by atoms with Crippen LogP contribution in [-0.2, 0) is 14.6 Å². The van der Waals surface area contributed by atoms with Crippen LogP contribution < -0.4 is 4.74 Å². The third-order valence-corrected chi connectivity index (χ3v) is 6.60. The highest BCUT2D eigenvalue weighted by atomic mass is 32.2. The second-order valence-electron chi connectivity index (χ2n) is 6.54. The second-order valence-corrected chi connectivity index (χ2v) is 8.85. The maximum atomic E-state index is 12.8. The molecule has 0 unspecified atom stereocenters. The highest BCUT2D eigenvalue weighted by Crippen LogP contribution is 2.20. The molecule has 2 aliphatic rings. The normalized spacial score (nSPS) is 21.9. The molecule has 25 heavy (non-hydrogen) atoms. The van der Waals surface area contributed by atoms with Gasteiger partial charge < -0.3 is 9.64 Å². The monoisotopic (exact) mass is 370 g/mol. The minimum absolute atomic E-state index is 0.0622. The summed E-state index contributed by atoms with van der Waals surface area (Å²) in [4.78, 5) is 16.3. The predicted molar refractivity (Wildman–Crippen MR) is 91.7 cm³/mol. The number of rotatable bonds is 4. The van der Waals surface area contributed by atoms with Crippen molar-refractivity contribution in [1.29, 1.82) is 0 Å². The SMILES string of the molecule is O=C(COc1ccc(F)cc1)N1CCN(C2CCS(=O)(=O)CC2)CC1. The number of benzene rings is 1. The Labute approximate surface area is 147 Å². The molecule has 0 bridgehead atoms. The van der Waals surface area contributed by atoms with Gasteiger partial charge in [-0.1, -0.05) is 0 Å². The zero-order valence-electron chi connectivity index (χ0n) is 14.1. The van der Waals surface area contributed by atoms with Crippen LogP contribution in [0.3, 0.4) is 0 Å². The molecule has 0 aliphatic carbocycles. The van der Waals surface area contributed by atoms with Gasteiger partial charge in [0, 0.05) is 32.2 Å². The van der Waals surface area contributed by atoms with Crippen molar-refractivity contribution in [3.05, 3.63) is 30.1 Å². The van der Waals surface area contributed by atoms with E-state index in [0.717, 1.165) is 13.1 Å². The standard InChI is InChI=1S/C17H23FN2O4S/c18-14-1-3-16(4-2-14)24-13-17(21)20-9-7-19(8-10-20)15-5-11-25(22,23)12-6-15/h1-4,15H,5-13H2. The van der Waals surface area contributed by atoms with Crippen molar-refractivity contribution in [2.75, 3.05) is 44.3 Å². The maximum Gasteiger partial charge on any atom is 0.260 e. The van der Waals surface area contributed by atoms with Gasteiger partial charge in [0.25, 0.3) is 5.91 Å². The minimum atomic E-state index is -2.85. The molecular formula is C17H23FN2O4S. The molecule has 138 valence electrons. The quantitative estimate of drug-likeness (QED) is 0.789. The molecule has 1 amide bonds. The van der Waals surface area contributed by atoms with E-state index in [2.05, 4.69) is 4.90 Å². The van der Waals surface area contributed by atoms with Crippen LogP contribution in [0.5, 0.6) is 5.75 Å². The summed E-state index contributed by atoms with van der Waals surface area (Å²) in [6, 6.07) is 5.89. The van der Waals surface area contributed by atoms with Crippen molar-refractivity contribution in [2.24, 2.45) is 0 Å². The van der Waals surface area contributed by atoms with Crippen LogP contribution in [0.25, 0.3) is 0 Å². The van der Waals surface area contributed by atoms with E-state index in [0.29, 0.717) is 37.7 Å². The molecule has 2 heterocycles. The molecule has 0 N–H and O–H groups in total. The predicted octanol–water partition coefficient (Wildman–Crippen LogP) is 0.926. The Kier molecular flexibility index (Phi) is 5.58. The molecule has 2 aliphatic heterocycles. The van der Waals surface area contributed by atoms with E-state index in [1.165, 1.54) is 24.3 Å². The van der Waals surface area contributed by atoms with Crippen LogP contribution >= 0.6 is 0 Å². The number of piperazine rings is 1. The Balaban J connectivity index is 1.42.